The monoisotopic (exact) mass is 465 g/mol. The van der Waals surface area contributed by atoms with Crippen molar-refractivity contribution < 1.29 is 28.7 Å². The van der Waals surface area contributed by atoms with Gasteiger partial charge in [0.15, 0.2) is 18.3 Å². The van der Waals surface area contributed by atoms with Crippen LogP contribution in [0.5, 0.6) is 17.2 Å². The molecular weight excluding hydrogens is 442 g/mol. The number of carbonyl (C=O) groups is 1. The number of fused-ring (bicyclic) bond motifs is 1. The van der Waals surface area contributed by atoms with Crippen LogP contribution in [0, 0.1) is 21.4 Å². The highest BCUT2D eigenvalue weighted by atomic mass is 16.7. The quantitative estimate of drug-likeness (QED) is 0.185. The number of nitrogens with zero attached hydrogens (tertiary/aromatic N) is 2. The summed E-state index contributed by atoms with van der Waals surface area (Å²) in [4.78, 5) is 22.9. The third-order valence-electron chi connectivity index (χ3n) is 4.72. The van der Waals surface area contributed by atoms with Crippen molar-refractivity contribution in [3.63, 3.8) is 0 Å². The number of nitro groups is 1. The van der Waals surface area contributed by atoms with Gasteiger partial charge < -0.3 is 24.3 Å². The summed E-state index contributed by atoms with van der Waals surface area (Å²) < 4.78 is 22.4. The zero-order valence-corrected chi connectivity index (χ0v) is 18.5. The fraction of sp³-hybridized carbons (Fsp3) is 0.250. The Morgan fingerprint density at radius 1 is 1.32 bits per heavy atom. The maximum Gasteiger partial charge on any atom is 0.270 e. The van der Waals surface area contributed by atoms with Crippen molar-refractivity contribution in [2.45, 2.75) is 20.1 Å². The number of nitrogens with one attached hydrogen (secondary N) is 1. The van der Waals surface area contributed by atoms with Crippen molar-refractivity contribution in [2.24, 2.45) is 0 Å². The number of amides is 1. The van der Waals surface area contributed by atoms with E-state index in [4.69, 9.17) is 18.9 Å². The van der Waals surface area contributed by atoms with Crippen LogP contribution >= 0.6 is 0 Å². The number of benzene rings is 2. The predicted octanol–water partition coefficient (Wildman–Crippen LogP) is 3.65. The number of nitriles is 1. The first-order chi connectivity index (χ1) is 16.5. The van der Waals surface area contributed by atoms with E-state index in [0.29, 0.717) is 40.5 Å². The highest BCUT2D eigenvalue weighted by molar-refractivity contribution is 6.01. The molecule has 2 aromatic rings. The van der Waals surface area contributed by atoms with Gasteiger partial charge in [-0.15, -0.1) is 6.58 Å². The molecule has 0 unspecified atom stereocenters. The molecule has 2 aromatic carbocycles. The van der Waals surface area contributed by atoms with Crippen LogP contribution in [0.25, 0.3) is 6.08 Å². The lowest BCUT2D eigenvalue weighted by atomic mass is 10.1. The van der Waals surface area contributed by atoms with Crippen LogP contribution < -0.4 is 19.5 Å². The number of nitro benzene ring substituents is 1. The van der Waals surface area contributed by atoms with Crippen molar-refractivity contribution >= 4 is 17.7 Å². The van der Waals surface area contributed by atoms with Crippen molar-refractivity contribution in [2.75, 3.05) is 19.9 Å². The third-order valence-corrected chi connectivity index (χ3v) is 4.72. The molecule has 1 amide bonds. The van der Waals surface area contributed by atoms with Gasteiger partial charge in [0.1, 0.15) is 24.0 Å². The molecule has 3 rings (SSSR count). The normalized spacial score (nSPS) is 12.5. The molecule has 1 heterocycles. The average molecular weight is 465 g/mol. The SMILES string of the molecule is C=CCNC(=O)/C(C#N)=C/c1ccc(OCc2cc([N+](=O)[O-])cc3c2OCOC3)c(OCC)c1. The van der Waals surface area contributed by atoms with Crippen molar-refractivity contribution in [1.82, 2.24) is 5.32 Å². The van der Waals surface area contributed by atoms with Crippen LogP contribution in [-0.2, 0) is 22.7 Å². The molecule has 1 aliphatic rings. The Balaban J connectivity index is 1.86. The zero-order valence-electron chi connectivity index (χ0n) is 18.5. The first kappa shape index (κ1) is 24.3. The summed E-state index contributed by atoms with van der Waals surface area (Å²) in [6, 6.07) is 9.66. The van der Waals surface area contributed by atoms with Gasteiger partial charge in [-0.05, 0) is 30.7 Å². The minimum absolute atomic E-state index is 0.00726. The number of carbonyl (C=O) groups excluding carboxylic acids is 1. The van der Waals surface area contributed by atoms with E-state index in [-0.39, 0.29) is 37.8 Å². The second-order valence-corrected chi connectivity index (χ2v) is 7.06. The van der Waals surface area contributed by atoms with E-state index in [2.05, 4.69) is 11.9 Å². The maximum atomic E-state index is 12.1. The summed E-state index contributed by atoms with van der Waals surface area (Å²) in [6.45, 7) is 6.17. The van der Waals surface area contributed by atoms with E-state index in [0.717, 1.165) is 0 Å². The van der Waals surface area contributed by atoms with Gasteiger partial charge in [0.25, 0.3) is 11.6 Å². The molecule has 10 nitrogen and oxygen atoms in total. The van der Waals surface area contributed by atoms with Crippen LogP contribution in [0.2, 0.25) is 0 Å². The van der Waals surface area contributed by atoms with E-state index in [1.807, 2.05) is 6.07 Å². The van der Waals surface area contributed by atoms with Crippen LogP contribution in [0.15, 0.2) is 48.6 Å². The fourth-order valence-electron chi connectivity index (χ4n) is 3.23. The molecule has 34 heavy (non-hydrogen) atoms. The predicted molar refractivity (Wildman–Crippen MR) is 122 cm³/mol. The second-order valence-electron chi connectivity index (χ2n) is 7.06. The number of ether oxygens (including phenoxy) is 4. The Hall–Kier alpha value is -4.36. The van der Waals surface area contributed by atoms with E-state index in [1.165, 1.54) is 24.3 Å². The van der Waals surface area contributed by atoms with E-state index < -0.39 is 10.8 Å². The summed E-state index contributed by atoms with van der Waals surface area (Å²) in [5.74, 6) is 0.767. The standard InChI is InChI=1S/C24H23N3O7/c1-3-7-26-24(28)17(12-25)8-16-5-6-21(22(9-16)32-4-2)33-14-19-11-20(27(29)30)10-18-13-31-15-34-23(18)19/h3,5-6,8-11H,1,4,7,13-15H2,2H3,(H,26,28)/b17-8+. The summed E-state index contributed by atoms with van der Waals surface area (Å²) in [5.41, 5.74) is 1.48. The van der Waals surface area contributed by atoms with Gasteiger partial charge in [0, 0.05) is 29.8 Å². The smallest absolute Gasteiger partial charge is 0.270 e. The molecule has 1 N–H and O–H groups in total. The fourth-order valence-corrected chi connectivity index (χ4v) is 3.23. The highest BCUT2D eigenvalue weighted by Crippen LogP contribution is 2.35. The molecule has 176 valence electrons. The van der Waals surface area contributed by atoms with E-state index in [9.17, 15) is 20.2 Å². The Morgan fingerprint density at radius 2 is 2.15 bits per heavy atom. The minimum atomic E-state index is -0.514. The molecule has 0 aliphatic carbocycles. The highest BCUT2D eigenvalue weighted by Gasteiger charge is 2.21. The second kappa shape index (κ2) is 11.5. The lowest BCUT2D eigenvalue weighted by Gasteiger charge is -2.21. The van der Waals surface area contributed by atoms with E-state index >= 15 is 0 Å². The molecule has 0 spiro atoms. The van der Waals surface area contributed by atoms with Gasteiger partial charge in [0.05, 0.1) is 18.1 Å². The molecule has 0 radical (unpaired) electrons. The number of hydrogen-bond donors (Lipinski definition) is 1. The van der Waals surface area contributed by atoms with Crippen LogP contribution in [0.3, 0.4) is 0 Å². The first-order valence-corrected chi connectivity index (χ1v) is 10.4. The van der Waals surface area contributed by atoms with Gasteiger partial charge in [-0.25, -0.2) is 0 Å². The van der Waals surface area contributed by atoms with Crippen LogP contribution in [0.1, 0.15) is 23.6 Å². The summed E-state index contributed by atoms with van der Waals surface area (Å²) in [7, 11) is 0. The Morgan fingerprint density at radius 3 is 2.85 bits per heavy atom. The summed E-state index contributed by atoms with van der Waals surface area (Å²) >= 11 is 0. The largest absolute Gasteiger partial charge is 0.490 e. The number of hydrogen-bond acceptors (Lipinski definition) is 8. The van der Waals surface area contributed by atoms with Crippen molar-refractivity contribution in [3.8, 4) is 23.3 Å². The van der Waals surface area contributed by atoms with Crippen molar-refractivity contribution in [1.29, 1.82) is 5.26 Å². The van der Waals surface area contributed by atoms with Gasteiger partial charge in [0.2, 0.25) is 0 Å². The van der Waals surface area contributed by atoms with Gasteiger partial charge in [-0.3, -0.25) is 14.9 Å². The lowest BCUT2D eigenvalue weighted by molar-refractivity contribution is -0.385. The van der Waals surface area contributed by atoms with E-state index in [1.54, 1.807) is 25.1 Å². The Kier molecular flexibility index (Phi) is 8.21. The van der Waals surface area contributed by atoms with Crippen LogP contribution in [-0.4, -0.2) is 30.8 Å². The molecular formula is C24H23N3O7. The first-order valence-electron chi connectivity index (χ1n) is 10.4. The third kappa shape index (κ3) is 5.90. The summed E-state index contributed by atoms with van der Waals surface area (Å²) in [5, 5.41) is 23.2. The number of rotatable bonds is 10. The molecule has 0 aromatic heterocycles. The van der Waals surface area contributed by atoms with Gasteiger partial charge >= 0.3 is 0 Å². The van der Waals surface area contributed by atoms with Crippen LogP contribution in [0.4, 0.5) is 5.69 Å². The Bertz CT molecular complexity index is 1170. The average Bonchev–Trinajstić information content (AvgIpc) is 2.85. The molecule has 0 saturated carbocycles. The topological polar surface area (TPSA) is 133 Å². The Labute approximate surface area is 196 Å². The number of non-ortho nitro benzene ring substituents is 1. The maximum absolute atomic E-state index is 12.1. The molecule has 0 atom stereocenters. The van der Waals surface area contributed by atoms with Gasteiger partial charge in [-0.1, -0.05) is 12.1 Å². The molecule has 0 saturated heterocycles. The summed E-state index contributed by atoms with van der Waals surface area (Å²) in [6.07, 6.45) is 2.96. The van der Waals surface area contributed by atoms with Gasteiger partial charge in [-0.2, -0.15) is 5.26 Å². The molecule has 0 fully saturated rings. The molecule has 0 bridgehead atoms. The lowest BCUT2D eigenvalue weighted by Crippen LogP contribution is -2.24. The molecule has 1 aliphatic heterocycles. The molecule has 10 heteroatoms. The zero-order chi connectivity index (χ0) is 24.5. The minimum Gasteiger partial charge on any atom is -0.490 e. The van der Waals surface area contributed by atoms with Crippen molar-refractivity contribution in [3.05, 3.63) is 75.4 Å².